The number of rotatable bonds is 13. The Morgan fingerprint density at radius 2 is 1.21 bits per heavy atom. The Morgan fingerprint density at radius 3 is 1.65 bits per heavy atom. The zero-order valence-electron chi connectivity index (χ0n) is 33.7. The number of piperidine rings is 1. The summed E-state index contributed by atoms with van der Waals surface area (Å²) < 4.78 is 52.5. The lowest BCUT2D eigenvalue weighted by Crippen LogP contribution is -2.41. The largest absolute Gasteiger partial charge is 0.466 e. The number of amides is 4. The monoisotopic (exact) mass is 875 g/mol. The first-order valence-corrected chi connectivity index (χ1v) is 21.3. The molecule has 3 aliphatic heterocycles. The summed E-state index contributed by atoms with van der Waals surface area (Å²) in [6.45, 7) is 4.63. The van der Waals surface area contributed by atoms with Gasteiger partial charge >= 0.3 is 18.2 Å². The molecule has 62 heavy (non-hydrogen) atoms. The molecule has 2 aromatic carbocycles. The zero-order valence-corrected chi connectivity index (χ0v) is 34.6. The highest BCUT2D eigenvalue weighted by atomic mass is 32.2. The molecule has 4 N–H and O–H groups in total. The fraction of sp³-hybridized carbons (Fsp3) is 0.341. The molecule has 21 heteroatoms. The van der Waals surface area contributed by atoms with Crippen LogP contribution in [-0.4, -0.2) is 119 Å². The van der Waals surface area contributed by atoms with E-state index in [0.29, 0.717) is 42.2 Å². The third-order valence-electron chi connectivity index (χ3n) is 9.79. The number of likely N-dealkylation sites (tertiary alicyclic amines) is 1. The zero-order chi connectivity index (χ0) is 44.4. The van der Waals surface area contributed by atoms with Gasteiger partial charge in [-0.2, -0.15) is 8.42 Å². The van der Waals surface area contributed by atoms with Crippen molar-refractivity contribution in [2.24, 2.45) is 5.92 Å². The minimum absolute atomic E-state index is 0.0556. The van der Waals surface area contributed by atoms with Crippen LogP contribution in [0.2, 0.25) is 0 Å². The van der Waals surface area contributed by atoms with E-state index in [9.17, 15) is 32.4 Å². The lowest BCUT2D eigenvalue weighted by Gasteiger charge is -2.31. The summed E-state index contributed by atoms with van der Waals surface area (Å²) in [6.07, 6.45) is 3.12. The van der Waals surface area contributed by atoms with Gasteiger partial charge in [-0.3, -0.25) is 44.1 Å². The molecule has 0 saturated carbocycles. The van der Waals surface area contributed by atoms with E-state index in [1.807, 2.05) is 6.92 Å². The van der Waals surface area contributed by atoms with Crippen molar-refractivity contribution in [2.75, 3.05) is 62.0 Å². The number of furan rings is 2. The molecule has 0 bridgehead atoms. The van der Waals surface area contributed by atoms with Crippen LogP contribution < -0.4 is 20.4 Å². The van der Waals surface area contributed by atoms with Gasteiger partial charge in [-0.25, -0.2) is 9.59 Å². The molecule has 2 aromatic heterocycles. The van der Waals surface area contributed by atoms with E-state index in [4.69, 9.17) is 33.9 Å². The summed E-state index contributed by atoms with van der Waals surface area (Å²) in [7, 11) is -3.63. The van der Waals surface area contributed by atoms with Gasteiger partial charge in [0.2, 0.25) is 0 Å². The van der Waals surface area contributed by atoms with Gasteiger partial charge in [-0.15, -0.1) is 0 Å². The van der Waals surface area contributed by atoms with E-state index >= 15 is 0 Å². The molecule has 7 rings (SSSR count). The van der Waals surface area contributed by atoms with E-state index in [2.05, 4.69) is 19.7 Å². The predicted octanol–water partition coefficient (Wildman–Crippen LogP) is 3.97. The van der Waals surface area contributed by atoms with Gasteiger partial charge in [-0.1, -0.05) is 0 Å². The topological polar surface area (TPSA) is 264 Å². The summed E-state index contributed by atoms with van der Waals surface area (Å²) >= 11 is 0. The lowest BCUT2D eigenvalue weighted by molar-refractivity contribution is -0.149. The molecule has 3 fully saturated rings. The highest BCUT2D eigenvalue weighted by Crippen LogP contribution is 2.26. The molecule has 2 unspecified atom stereocenters. The number of anilines is 2. The molecule has 3 aliphatic rings. The van der Waals surface area contributed by atoms with Crippen LogP contribution in [0.1, 0.15) is 52.0 Å². The number of esters is 1. The van der Waals surface area contributed by atoms with E-state index in [0.717, 1.165) is 32.2 Å². The Hall–Kier alpha value is -6.84. The molecule has 3 saturated heterocycles. The Labute approximate surface area is 356 Å². The average Bonchev–Trinajstić information content (AvgIpc) is 4.10. The Balaban J connectivity index is 0.000000211. The molecule has 2 atom stereocenters. The normalized spacial score (nSPS) is 18.0. The molecule has 4 aromatic rings. The Bertz CT molecular complexity index is 2350. The third-order valence-corrected chi connectivity index (χ3v) is 10.4. The maximum Gasteiger partial charge on any atom is 0.414 e. The molecule has 0 spiro atoms. The maximum absolute atomic E-state index is 12.5. The van der Waals surface area contributed by atoms with E-state index in [1.165, 1.54) is 29.6 Å². The van der Waals surface area contributed by atoms with E-state index < -0.39 is 40.2 Å². The van der Waals surface area contributed by atoms with Crippen molar-refractivity contribution in [1.82, 2.24) is 15.5 Å². The number of hydrogen-bond donors (Lipinski definition) is 4. The number of carbonyl (C=O) groups is 5. The summed E-state index contributed by atoms with van der Waals surface area (Å²) in [4.78, 5) is 65.4. The first-order chi connectivity index (χ1) is 29.7. The van der Waals surface area contributed by atoms with Crippen molar-refractivity contribution < 1.29 is 59.6 Å². The van der Waals surface area contributed by atoms with Crippen molar-refractivity contribution in [3.8, 4) is 0 Å². The van der Waals surface area contributed by atoms with Crippen molar-refractivity contribution in [3.05, 3.63) is 108 Å². The average molecular weight is 876 g/mol. The number of amidine groups is 2. The van der Waals surface area contributed by atoms with Gasteiger partial charge in [-0.05, 0) is 106 Å². The summed E-state index contributed by atoms with van der Waals surface area (Å²) in [6, 6.07) is 19.2. The van der Waals surface area contributed by atoms with Crippen molar-refractivity contribution in [2.45, 2.75) is 32.0 Å². The molecule has 328 valence electrons. The van der Waals surface area contributed by atoms with Crippen molar-refractivity contribution in [1.29, 1.82) is 10.8 Å². The molecule has 0 aliphatic carbocycles. The van der Waals surface area contributed by atoms with Crippen LogP contribution in [0.25, 0.3) is 0 Å². The number of cyclic esters (lactones) is 2. The minimum atomic E-state index is -3.63. The number of nitrogens with zero attached hydrogens (tertiary/aromatic N) is 3. The lowest BCUT2D eigenvalue weighted by atomic mass is 9.97. The predicted molar refractivity (Wildman–Crippen MR) is 221 cm³/mol. The number of nitrogens with one attached hydrogen (secondary N) is 4. The van der Waals surface area contributed by atoms with Crippen LogP contribution in [0.3, 0.4) is 0 Å². The summed E-state index contributed by atoms with van der Waals surface area (Å²) in [5.41, 5.74) is 2.08. The van der Waals surface area contributed by atoms with Gasteiger partial charge in [0.15, 0.2) is 11.5 Å². The van der Waals surface area contributed by atoms with Crippen molar-refractivity contribution >= 4 is 63.1 Å². The second-order valence-corrected chi connectivity index (χ2v) is 15.9. The fourth-order valence-electron chi connectivity index (χ4n) is 6.67. The van der Waals surface area contributed by atoms with Gasteiger partial charge in [0.1, 0.15) is 30.5 Å². The van der Waals surface area contributed by atoms with Crippen LogP contribution in [0.4, 0.5) is 21.0 Å². The fourth-order valence-corrected chi connectivity index (χ4v) is 7.07. The van der Waals surface area contributed by atoms with Crippen LogP contribution in [0.15, 0.2) is 94.2 Å². The SMILES string of the molecule is CCOC(=O)C1CCN(CC2CN(c3ccc(C(=N)NC(=O)c4ccco4)cc3)C(=O)O2)CC1.CS(=O)(=O)OCC1CN(c2ccc(C(=N)NC(=O)c3ccco3)cc2)C(=O)O1. The van der Waals surface area contributed by atoms with Crippen LogP contribution in [0.5, 0.6) is 0 Å². The summed E-state index contributed by atoms with van der Waals surface area (Å²) in [5, 5.41) is 21.0. The van der Waals surface area contributed by atoms with Crippen molar-refractivity contribution in [3.63, 3.8) is 0 Å². The molecule has 5 heterocycles. The standard InChI is InChI=1S/C24H28N4O6.C17H17N3O7S/c1-2-32-23(30)17-9-11-27(12-10-17)14-19-15-28(24(31)34-19)18-7-5-16(6-8-18)21(25)26-22(29)20-4-3-13-33-20;1-28(23,24)26-10-13-9-20(17(22)27-13)12-6-4-11(5-7-12)15(18)19-16(21)14-3-2-8-25-14/h3-8,13,17,19H,2,9-12,14-15H2,1H3,(H2,25,26,29);2-8,13H,9-10H2,1H3,(H2,18,19,21). The Kier molecular flexibility index (Phi) is 14.5. The number of hydrogen-bond acceptors (Lipinski definition) is 16. The van der Waals surface area contributed by atoms with Gasteiger partial charge in [0, 0.05) is 29.0 Å². The maximum atomic E-state index is 12.5. The second kappa shape index (κ2) is 20.1. The molecule has 20 nitrogen and oxygen atoms in total. The third kappa shape index (κ3) is 11.9. The van der Waals surface area contributed by atoms with Crippen LogP contribution in [-0.2, 0) is 33.3 Å². The second-order valence-electron chi connectivity index (χ2n) is 14.3. The quantitative estimate of drug-likeness (QED) is 0.0487. The Morgan fingerprint density at radius 1 is 0.742 bits per heavy atom. The first kappa shape index (κ1) is 44.7. The first-order valence-electron chi connectivity index (χ1n) is 19.4. The number of carbonyl (C=O) groups excluding carboxylic acids is 5. The van der Waals surface area contributed by atoms with E-state index in [-0.39, 0.29) is 54.3 Å². The molecular formula is C41H45N7O13S. The smallest absolute Gasteiger partial charge is 0.414 e. The highest BCUT2D eigenvalue weighted by Gasteiger charge is 2.36. The highest BCUT2D eigenvalue weighted by molar-refractivity contribution is 7.85. The molecular weight excluding hydrogens is 831 g/mol. The van der Waals surface area contributed by atoms with Gasteiger partial charge in [0.25, 0.3) is 21.9 Å². The minimum Gasteiger partial charge on any atom is -0.466 e. The molecule has 4 amide bonds. The van der Waals surface area contributed by atoms with Gasteiger partial charge < -0.3 is 33.7 Å². The van der Waals surface area contributed by atoms with Crippen LogP contribution >= 0.6 is 0 Å². The van der Waals surface area contributed by atoms with Crippen LogP contribution in [0, 0.1) is 16.7 Å². The number of benzene rings is 2. The van der Waals surface area contributed by atoms with Gasteiger partial charge in [0.05, 0.1) is 44.4 Å². The number of ether oxygens (including phenoxy) is 3. The van der Waals surface area contributed by atoms with E-state index in [1.54, 1.807) is 65.6 Å². The summed E-state index contributed by atoms with van der Waals surface area (Å²) in [5.74, 6) is -1.22. The molecule has 0 radical (unpaired) electrons.